The summed E-state index contributed by atoms with van der Waals surface area (Å²) in [6, 6.07) is 20.7. The van der Waals surface area contributed by atoms with Gasteiger partial charge < -0.3 is 0 Å². The summed E-state index contributed by atoms with van der Waals surface area (Å²) in [6.07, 6.45) is 0. The maximum atomic E-state index is 13.1. The lowest BCUT2D eigenvalue weighted by atomic mass is 10.2. The van der Waals surface area contributed by atoms with Gasteiger partial charge in [0.2, 0.25) is 0 Å². The summed E-state index contributed by atoms with van der Waals surface area (Å²) in [7, 11) is 0. The van der Waals surface area contributed by atoms with E-state index in [-0.39, 0.29) is 5.82 Å². The van der Waals surface area contributed by atoms with Crippen molar-refractivity contribution in [2.24, 2.45) is 0 Å². The number of rotatable bonds is 5. The van der Waals surface area contributed by atoms with Crippen molar-refractivity contribution in [3.63, 3.8) is 0 Å². The van der Waals surface area contributed by atoms with Gasteiger partial charge in [-0.25, -0.2) is 9.37 Å². The lowest BCUT2D eigenvalue weighted by molar-refractivity contribution is 0.628. The topological polar surface area (TPSA) is 38.7 Å². The van der Waals surface area contributed by atoms with Gasteiger partial charge >= 0.3 is 0 Å². The Kier molecular flexibility index (Phi) is 5.27. The fraction of sp³-hybridized carbons (Fsp3) is 0.0952. The van der Waals surface area contributed by atoms with Gasteiger partial charge in [0.05, 0.1) is 10.6 Å². The van der Waals surface area contributed by atoms with Crippen LogP contribution in [-0.4, -0.2) is 15.2 Å². The first-order valence-electron chi connectivity index (χ1n) is 8.43. The second-order valence-electron chi connectivity index (χ2n) is 5.97. The summed E-state index contributed by atoms with van der Waals surface area (Å²) in [5.74, 6) is 0.616. The first kappa shape index (κ1) is 17.8. The van der Waals surface area contributed by atoms with Gasteiger partial charge in [-0.1, -0.05) is 42.1 Å². The van der Waals surface area contributed by atoms with Crippen molar-refractivity contribution in [2.45, 2.75) is 17.7 Å². The third-order valence-electron chi connectivity index (χ3n) is 3.99. The second kappa shape index (κ2) is 7.98. The molecule has 3 nitrogen and oxygen atoms in total. The van der Waals surface area contributed by atoms with E-state index >= 15 is 0 Å². The number of hydrogen-bond acceptors (Lipinski definition) is 5. The third kappa shape index (κ3) is 4.23. The van der Waals surface area contributed by atoms with Gasteiger partial charge in [0.1, 0.15) is 21.5 Å². The molecule has 0 fully saturated rings. The zero-order valence-electron chi connectivity index (χ0n) is 14.6. The van der Waals surface area contributed by atoms with Crippen LogP contribution in [-0.2, 0) is 5.75 Å². The summed E-state index contributed by atoms with van der Waals surface area (Å²) >= 11 is 3.21. The molecule has 0 saturated heterocycles. The molecule has 0 amide bonds. The summed E-state index contributed by atoms with van der Waals surface area (Å²) in [6.45, 7) is 1.96. The number of thiazole rings is 1. The van der Waals surface area contributed by atoms with Gasteiger partial charge in [-0.05, 0) is 48.9 Å². The van der Waals surface area contributed by atoms with Gasteiger partial charge in [0.15, 0.2) is 0 Å². The minimum Gasteiger partial charge on any atom is -0.241 e. The van der Waals surface area contributed by atoms with Crippen molar-refractivity contribution in [3.8, 4) is 21.1 Å². The number of thioether (sulfide) groups is 1. The average molecular weight is 394 g/mol. The van der Waals surface area contributed by atoms with Crippen LogP contribution in [0.1, 0.15) is 11.3 Å². The molecule has 0 aliphatic carbocycles. The molecule has 0 aliphatic rings. The van der Waals surface area contributed by atoms with Crippen molar-refractivity contribution in [2.75, 3.05) is 0 Å². The number of halogens is 1. The predicted octanol–water partition coefficient (Wildman–Crippen LogP) is 6.01. The van der Waals surface area contributed by atoms with Crippen LogP contribution in [0.5, 0.6) is 0 Å². The van der Waals surface area contributed by atoms with E-state index in [9.17, 15) is 4.39 Å². The summed E-state index contributed by atoms with van der Waals surface area (Å²) in [5.41, 5.74) is 3.87. The highest BCUT2D eigenvalue weighted by Crippen LogP contribution is 2.34. The van der Waals surface area contributed by atoms with Crippen LogP contribution < -0.4 is 0 Å². The molecule has 0 aliphatic heterocycles. The van der Waals surface area contributed by atoms with Crippen molar-refractivity contribution in [1.82, 2.24) is 15.2 Å². The third-order valence-corrected chi connectivity index (χ3v) is 6.21. The molecule has 27 heavy (non-hydrogen) atoms. The Hall–Kier alpha value is -2.57. The highest BCUT2D eigenvalue weighted by Gasteiger charge is 2.13. The van der Waals surface area contributed by atoms with Crippen LogP contribution in [0.2, 0.25) is 0 Å². The van der Waals surface area contributed by atoms with E-state index in [1.165, 1.54) is 17.7 Å². The lowest BCUT2D eigenvalue weighted by Gasteiger charge is -2.02. The maximum absolute atomic E-state index is 13.1. The van der Waals surface area contributed by atoms with E-state index in [1.54, 1.807) is 35.2 Å². The first-order valence-corrected chi connectivity index (χ1v) is 10.2. The number of hydrogen-bond donors (Lipinski definition) is 0. The van der Waals surface area contributed by atoms with E-state index in [1.807, 2.05) is 37.3 Å². The zero-order chi connectivity index (χ0) is 18.6. The number of benzene rings is 2. The molecule has 2 heterocycles. The Balaban J connectivity index is 1.51. The van der Waals surface area contributed by atoms with E-state index in [4.69, 9.17) is 0 Å². The number of nitrogens with zero attached hydrogens (tertiary/aromatic N) is 3. The molecule has 0 radical (unpaired) electrons. The van der Waals surface area contributed by atoms with Crippen LogP contribution in [0.25, 0.3) is 21.1 Å². The maximum Gasteiger partial charge on any atom is 0.124 e. The fourth-order valence-corrected chi connectivity index (χ4v) is 4.41. The number of aromatic nitrogens is 3. The Morgan fingerprint density at radius 1 is 0.926 bits per heavy atom. The quantitative estimate of drug-likeness (QED) is 0.389. The lowest BCUT2D eigenvalue weighted by Crippen LogP contribution is -1.90. The summed E-state index contributed by atoms with van der Waals surface area (Å²) < 4.78 is 13.1. The SMILES string of the molecule is Cc1nc(-c2ccc(F)cc2)sc1-c1ccc(SCc2ccccc2)nn1. The average Bonchev–Trinajstić information content (AvgIpc) is 3.10. The van der Waals surface area contributed by atoms with Crippen molar-refractivity contribution >= 4 is 23.1 Å². The zero-order valence-corrected chi connectivity index (χ0v) is 16.2. The molecular weight excluding hydrogens is 377 g/mol. The van der Waals surface area contributed by atoms with Gasteiger partial charge in [-0.2, -0.15) is 0 Å². The molecule has 2 aromatic carbocycles. The van der Waals surface area contributed by atoms with Gasteiger partial charge in [0, 0.05) is 11.3 Å². The Bertz CT molecular complexity index is 1030. The number of aryl methyl sites for hydroxylation is 1. The first-order chi connectivity index (χ1) is 13.2. The van der Waals surface area contributed by atoms with Crippen LogP contribution in [0, 0.1) is 12.7 Å². The highest BCUT2D eigenvalue weighted by atomic mass is 32.2. The van der Waals surface area contributed by atoms with Crippen molar-refractivity contribution < 1.29 is 4.39 Å². The smallest absolute Gasteiger partial charge is 0.124 e. The molecule has 0 unspecified atom stereocenters. The van der Waals surface area contributed by atoms with Crippen molar-refractivity contribution in [1.29, 1.82) is 0 Å². The highest BCUT2D eigenvalue weighted by molar-refractivity contribution is 7.98. The van der Waals surface area contributed by atoms with E-state index in [2.05, 4.69) is 27.3 Å². The molecule has 134 valence electrons. The molecule has 6 heteroatoms. The van der Waals surface area contributed by atoms with Gasteiger partial charge in [0.25, 0.3) is 0 Å². The molecule has 0 spiro atoms. The minimum atomic E-state index is -0.248. The second-order valence-corrected chi connectivity index (χ2v) is 7.97. The normalized spacial score (nSPS) is 10.9. The van der Waals surface area contributed by atoms with Gasteiger partial charge in [-0.15, -0.1) is 21.5 Å². The Morgan fingerprint density at radius 2 is 1.70 bits per heavy atom. The largest absolute Gasteiger partial charge is 0.241 e. The fourth-order valence-electron chi connectivity index (χ4n) is 2.60. The van der Waals surface area contributed by atoms with Crippen molar-refractivity contribution in [3.05, 3.63) is 83.8 Å². The Morgan fingerprint density at radius 3 is 2.41 bits per heavy atom. The molecule has 4 aromatic rings. The van der Waals surface area contributed by atoms with Crippen LogP contribution in [0.3, 0.4) is 0 Å². The van der Waals surface area contributed by atoms with Crippen LogP contribution >= 0.6 is 23.1 Å². The van der Waals surface area contributed by atoms with E-state index in [0.717, 1.165) is 37.6 Å². The molecule has 0 N–H and O–H groups in total. The van der Waals surface area contributed by atoms with Gasteiger partial charge in [-0.3, -0.25) is 0 Å². The van der Waals surface area contributed by atoms with Crippen LogP contribution in [0.15, 0.2) is 71.8 Å². The standard InChI is InChI=1S/C21H16FN3S2/c1-14-20(27-21(23-14)16-7-9-17(22)10-8-16)18-11-12-19(25-24-18)26-13-15-5-3-2-4-6-15/h2-12H,13H2,1H3. The molecule has 0 atom stereocenters. The van der Waals surface area contributed by atoms with E-state index < -0.39 is 0 Å². The monoisotopic (exact) mass is 393 g/mol. The molecular formula is C21H16FN3S2. The van der Waals surface area contributed by atoms with Crippen LogP contribution in [0.4, 0.5) is 4.39 Å². The molecule has 0 saturated carbocycles. The summed E-state index contributed by atoms with van der Waals surface area (Å²) in [4.78, 5) is 5.60. The van der Waals surface area contributed by atoms with E-state index in [0.29, 0.717) is 0 Å². The molecule has 4 rings (SSSR count). The minimum absolute atomic E-state index is 0.248. The predicted molar refractivity (Wildman–Crippen MR) is 109 cm³/mol. The summed E-state index contributed by atoms with van der Waals surface area (Å²) in [5, 5.41) is 10.5. The molecule has 2 aromatic heterocycles. The Labute approximate surface area is 165 Å². The molecule has 0 bridgehead atoms.